The number of rotatable bonds is 4. The first-order valence-electron chi connectivity index (χ1n) is 7.93. The quantitative estimate of drug-likeness (QED) is 0.656. The molecule has 1 aromatic carbocycles. The summed E-state index contributed by atoms with van der Waals surface area (Å²) in [5.41, 5.74) is 8.92. The van der Waals surface area contributed by atoms with Crippen molar-refractivity contribution in [1.29, 1.82) is 0 Å². The number of nitrogens with one attached hydrogen (secondary N) is 1. The summed E-state index contributed by atoms with van der Waals surface area (Å²) >= 11 is 0. The van der Waals surface area contributed by atoms with Crippen LogP contribution in [0.25, 0.3) is 0 Å². The van der Waals surface area contributed by atoms with E-state index in [0.29, 0.717) is 12.0 Å². The van der Waals surface area contributed by atoms with Gasteiger partial charge >= 0.3 is 0 Å². The molecule has 1 heterocycles. The number of hydrogen-bond donors (Lipinski definition) is 2. The molecular formula is C17H26N4. The van der Waals surface area contributed by atoms with Gasteiger partial charge in [0.2, 0.25) is 0 Å². The summed E-state index contributed by atoms with van der Waals surface area (Å²) in [7, 11) is 0. The molecule has 0 bridgehead atoms. The van der Waals surface area contributed by atoms with E-state index in [1.807, 2.05) is 0 Å². The molecule has 1 saturated carbocycles. The van der Waals surface area contributed by atoms with Gasteiger partial charge in [0.05, 0.1) is 6.54 Å². The lowest BCUT2D eigenvalue weighted by Gasteiger charge is -2.40. The monoisotopic (exact) mass is 286 g/mol. The second-order valence-electron chi connectivity index (χ2n) is 6.87. The number of aliphatic imine (C=N–C) groups is 1. The fourth-order valence-electron chi connectivity index (χ4n) is 2.87. The van der Waals surface area contributed by atoms with E-state index in [2.05, 4.69) is 53.3 Å². The Morgan fingerprint density at radius 3 is 2.76 bits per heavy atom. The normalized spacial score (nSPS) is 20.2. The van der Waals surface area contributed by atoms with E-state index in [9.17, 15) is 0 Å². The third kappa shape index (κ3) is 3.56. The zero-order valence-corrected chi connectivity index (χ0v) is 13.1. The first kappa shape index (κ1) is 14.4. The topological polar surface area (TPSA) is 53.6 Å². The van der Waals surface area contributed by atoms with Crippen LogP contribution in [0.3, 0.4) is 0 Å². The van der Waals surface area contributed by atoms with E-state index in [0.717, 1.165) is 26.1 Å². The highest BCUT2D eigenvalue weighted by atomic mass is 15.2. The highest BCUT2D eigenvalue weighted by molar-refractivity contribution is 5.78. The summed E-state index contributed by atoms with van der Waals surface area (Å²) in [6, 6.07) is 9.32. The summed E-state index contributed by atoms with van der Waals surface area (Å²) in [6.45, 7) is 7.36. The molecule has 0 radical (unpaired) electrons. The summed E-state index contributed by atoms with van der Waals surface area (Å²) in [6.07, 6.45) is 3.57. The van der Waals surface area contributed by atoms with Gasteiger partial charge in [-0.05, 0) is 44.2 Å². The van der Waals surface area contributed by atoms with Gasteiger partial charge in [0.15, 0.2) is 5.96 Å². The van der Waals surface area contributed by atoms with Crippen molar-refractivity contribution in [1.82, 2.24) is 10.2 Å². The van der Waals surface area contributed by atoms with Gasteiger partial charge in [0.1, 0.15) is 0 Å². The Bertz CT molecular complexity index is 531. The fraction of sp³-hybridized carbons (Fsp3) is 0.588. The first-order valence-corrected chi connectivity index (χ1v) is 7.93. The summed E-state index contributed by atoms with van der Waals surface area (Å²) in [5.74, 6) is 0.600. The molecule has 2 aliphatic rings. The number of fused-ring (bicyclic) bond motifs is 1. The third-order valence-electron chi connectivity index (χ3n) is 4.55. The molecule has 3 rings (SSSR count). The summed E-state index contributed by atoms with van der Waals surface area (Å²) in [4.78, 5) is 7.07. The molecule has 1 fully saturated rings. The van der Waals surface area contributed by atoms with E-state index in [1.54, 1.807) is 0 Å². The van der Waals surface area contributed by atoms with Crippen LogP contribution in [-0.4, -0.2) is 35.5 Å². The Hall–Kier alpha value is -1.55. The van der Waals surface area contributed by atoms with Gasteiger partial charge in [0, 0.05) is 24.7 Å². The molecule has 0 aromatic heterocycles. The lowest BCUT2D eigenvalue weighted by molar-refractivity contribution is 0.112. The van der Waals surface area contributed by atoms with Gasteiger partial charge < -0.3 is 11.1 Å². The van der Waals surface area contributed by atoms with Gasteiger partial charge in [-0.25, -0.2) is 0 Å². The van der Waals surface area contributed by atoms with Crippen molar-refractivity contribution < 1.29 is 0 Å². The molecule has 114 valence electrons. The number of hydrogen-bond acceptors (Lipinski definition) is 2. The third-order valence-corrected chi connectivity index (χ3v) is 4.55. The molecule has 0 atom stereocenters. The summed E-state index contributed by atoms with van der Waals surface area (Å²) in [5, 5.41) is 3.25. The molecule has 1 aliphatic carbocycles. The van der Waals surface area contributed by atoms with Gasteiger partial charge in [-0.3, -0.25) is 9.89 Å². The average molecular weight is 286 g/mol. The molecule has 1 aromatic rings. The van der Waals surface area contributed by atoms with Crippen LogP contribution >= 0.6 is 0 Å². The van der Waals surface area contributed by atoms with E-state index in [-0.39, 0.29) is 5.54 Å². The Morgan fingerprint density at radius 1 is 1.33 bits per heavy atom. The lowest BCUT2D eigenvalue weighted by atomic mass is 9.94. The van der Waals surface area contributed by atoms with Gasteiger partial charge in [0.25, 0.3) is 0 Å². The minimum absolute atomic E-state index is 0.0311. The van der Waals surface area contributed by atoms with E-state index >= 15 is 0 Å². The Balaban J connectivity index is 1.62. The van der Waals surface area contributed by atoms with Crippen LogP contribution in [0.4, 0.5) is 0 Å². The molecule has 0 unspecified atom stereocenters. The van der Waals surface area contributed by atoms with Crippen LogP contribution in [0.15, 0.2) is 29.3 Å². The predicted octanol–water partition coefficient (Wildman–Crippen LogP) is 1.89. The van der Waals surface area contributed by atoms with Crippen LogP contribution in [-0.2, 0) is 13.0 Å². The zero-order valence-electron chi connectivity index (χ0n) is 13.1. The van der Waals surface area contributed by atoms with Gasteiger partial charge in [-0.2, -0.15) is 0 Å². The number of guanidine groups is 1. The molecule has 21 heavy (non-hydrogen) atoms. The first-order chi connectivity index (χ1) is 10.0. The highest BCUT2D eigenvalue weighted by Gasteiger charge is 2.29. The van der Waals surface area contributed by atoms with Gasteiger partial charge in [-0.15, -0.1) is 0 Å². The molecule has 0 amide bonds. The Morgan fingerprint density at radius 2 is 2.05 bits per heavy atom. The molecule has 3 N–H and O–H groups in total. The zero-order chi connectivity index (χ0) is 14.9. The van der Waals surface area contributed by atoms with Crippen molar-refractivity contribution in [3.05, 3.63) is 35.4 Å². The second kappa shape index (κ2) is 5.68. The highest BCUT2D eigenvalue weighted by Crippen LogP contribution is 2.25. The van der Waals surface area contributed by atoms with E-state index in [4.69, 9.17) is 5.73 Å². The number of benzene rings is 1. The molecule has 1 aliphatic heterocycles. The predicted molar refractivity (Wildman–Crippen MR) is 87.3 cm³/mol. The Labute approximate surface area is 127 Å². The van der Waals surface area contributed by atoms with Crippen molar-refractivity contribution in [2.75, 3.05) is 13.1 Å². The lowest BCUT2D eigenvalue weighted by Crippen LogP contribution is -2.49. The Kier molecular flexibility index (Phi) is 3.89. The maximum atomic E-state index is 5.95. The minimum Gasteiger partial charge on any atom is -0.370 e. The SMILES string of the molecule is CC(C)(CN=C(N)NC1CC1)N1CCc2ccccc2C1. The van der Waals surface area contributed by atoms with Crippen LogP contribution in [0, 0.1) is 0 Å². The van der Waals surface area contributed by atoms with Crippen LogP contribution in [0.1, 0.15) is 37.8 Å². The summed E-state index contributed by atoms with van der Waals surface area (Å²) < 4.78 is 0. The molecule has 0 saturated heterocycles. The maximum absolute atomic E-state index is 5.95. The molecule has 4 heteroatoms. The maximum Gasteiger partial charge on any atom is 0.188 e. The van der Waals surface area contributed by atoms with Crippen molar-refractivity contribution in [3.8, 4) is 0 Å². The average Bonchev–Trinajstić information content (AvgIpc) is 3.29. The number of nitrogens with zero attached hydrogens (tertiary/aromatic N) is 2. The fourth-order valence-corrected chi connectivity index (χ4v) is 2.87. The molecule has 4 nitrogen and oxygen atoms in total. The van der Waals surface area contributed by atoms with Crippen molar-refractivity contribution in [3.63, 3.8) is 0 Å². The van der Waals surface area contributed by atoms with Crippen LogP contribution in [0.5, 0.6) is 0 Å². The van der Waals surface area contributed by atoms with Crippen molar-refractivity contribution in [2.24, 2.45) is 10.7 Å². The largest absolute Gasteiger partial charge is 0.370 e. The minimum atomic E-state index is 0.0311. The molecular weight excluding hydrogens is 260 g/mol. The van der Waals surface area contributed by atoms with E-state index in [1.165, 1.54) is 24.0 Å². The number of nitrogens with two attached hydrogens (primary N) is 1. The van der Waals surface area contributed by atoms with Crippen molar-refractivity contribution in [2.45, 2.75) is 51.2 Å². The van der Waals surface area contributed by atoms with Gasteiger partial charge in [-0.1, -0.05) is 24.3 Å². The second-order valence-corrected chi connectivity index (χ2v) is 6.87. The smallest absolute Gasteiger partial charge is 0.188 e. The van der Waals surface area contributed by atoms with Crippen LogP contribution in [0.2, 0.25) is 0 Å². The van der Waals surface area contributed by atoms with Crippen molar-refractivity contribution >= 4 is 5.96 Å². The van der Waals surface area contributed by atoms with Crippen LogP contribution < -0.4 is 11.1 Å². The standard InChI is InChI=1S/C17H26N4/c1-17(2,12-19-16(18)20-15-7-8-15)21-10-9-13-5-3-4-6-14(13)11-21/h3-6,15H,7-12H2,1-2H3,(H3,18,19,20). The van der Waals surface area contributed by atoms with E-state index < -0.39 is 0 Å². The molecule has 0 spiro atoms.